The summed E-state index contributed by atoms with van der Waals surface area (Å²) >= 11 is 8.35. The molecule has 1 amide bonds. The smallest absolute Gasteiger partial charge is 0.257 e. The van der Waals surface area contributed by atoms with E-state index < -0.39 is 0 Å². The second kappa shape index (κ2) is 7.56. The quantitative estimate of drug-likeness (QED) is 0.320. The second-order valence-corrected chi connectivity index (χ2v) is 8.25. The number of halogens is 2. The summed E-state index contributed by atoms with van der Waals surface area (Å²) in [6, 6.07) is 17.0. The molecule has 140 valence electrons. The van der Waals surface area contributed by atoms with Crippen molar-refractivity contribution in [3.63, 3.8) is 0 Å². The van der Waals surface area contributed by atoms with Gasteiger partial charge in [0, 0.05) is 14.8 Å². The van der Waals surface area contributed by atoms with Crippen LogP contribution in [0.1, 0.15) is 21.5 Å². The molecule has 28 heavy (non-hydrogen) atoms. The molecule has 4 nitrogen and oxygen atoms in total. The van der Waals surface area contributed by atoms with Crippen molar-refractivity contribution < 1.29 is 9.21 Å². The van der Waals surface area contributed by atoms with Gasteiger partial charge in [-0.2, -0.15) is 0 Å². The molecule has 0 fully saturated rings. The van der Waals surface area contributed by atoms with Crippen LogP contribution in [0.2, 0.25) is 5.02 Å². The lowest BCUT2D eigenvalue weighted by Gasteiger charge is -2.11. The molecule has 0 unspecified atom stereocenters. The van der Waals surface area contributed by atoms with E-state index in [0.29, 0.717) is 22.2 Å². The first-order valence-electron chi connectivity index (χ1n) is 8.65. The SMILES string of the molecule is Cc1ccc2nc(-c3ccc(C)c(NC(=O)c4cc(I)ccc4Cl)c3)oc2c1. The Morgan fingerprint density at radius 1 is 1.07 bits per heavy atom. The van der Waals surface area contributed by atoms with Crippen molar-refractivity contribution in [1.29, 1.82) is 0 Å². The van der Waals surface area contributed by atoms with Gasteiger partial charge in [0.2, 0.25) is 5.89 Å². The van der Waals surface area contributed by atoms with E-state index >= 15 is 0 Å². The Bertz CT molecular complexity index is 1220. The summed E-state index contributed by atoms with van der Waals surface area (Å²) in [6.07, 6.45) is 0. The maximum Gasteiger partial charge on any atom is 0.257 e. The summed E-state index contributed by atoms with van der Waals surface area (Å²) in [4.78, 5) is 17.3. The highest BCUT2D eigenvalue weighted by atomic mass is 127. The molecule has 3 aromatic carbocycles. The third kappa shape index (κ3) is 3.77. The van der Waals surface area contributed by atoms with Crippen LogP contribution in [0.15, 0.2) is 59.0 Å². The van der Waals surface area contributed by atoms with Crippen molar-refractivity contribution in [3.8, 4) is 11.5 Å². The average Bonchev–Trinajstić information content (AvgIpc) is 3.08. The third-order valence-corrected chi connectivity index (χ3v) is 5.45. The average molecular weight is 503 g/mol. The van der Waals surface area contributed by atoms with Gasteiger partial charge < -0.3 is 9.73 Å². The number of carbonyl (C=O) groups is 1. The molecule has 0 aliphatic heterocycles. The fourth-order valence-corrected chi connectivity index (χ4v) is 3.60. The highest BCUT2D eigenvalue weighted by molar-refractivity contribution is 14.1. The number of hydrogen-bond acceptors (Lipinski definition) is 3. The number of aryl methyl sites for hydroxylation is 2. The molecule has 0 aliphatic carbocycles. The number of benzene rings is 3. The van der Waals surface area contributed by atoms with Crippen molar-refractivity contribution in [2.45, 2.75) is 13.8 Å². The van der Waals surface area contributed by atoms with Crippen molar-refractivity contribution in [2.24, 2.45) is 0 Å². The van der Waals surface area contributed by atoms with Crippen LogP contribution in [0.3, 0.4) is 0 Å². The summed E-state index contributed by atoms with van der Waals surface area (Å²) in [5.74, 6) is 0.264. The number of rotatable bonds is 3. The van der Waals surface area contributed by atoms with E-state index in [9.17, 15) is 4.79 Å². The predicted octanol–water partition coefficient (Wildman–Crippen LogP) is 6.62. The number of fused-ring (bicyclic) bond motifs is 1. The molecule has 4 aromatic rings. The number of nitrogens with zero attached hydrogens (tertiary/aromatic N) is 1. The van der Waals surface area contributed by atoms with Crippen LogP contribution >= 0.6 is 34.2 Å². The van der Waals surface area contributed by atoms with Crippen LogP contribution in [0, 0.1) is 17.4 Å². The van der Waals surface area contributed by atoms with Crippen LogP contribution in [0.5, 0.6) is 0 Å². The molecule has 0 saturated heterocycles. The summed E-state index contributed by atoms with van der Waals surface area (Å²) in [5.41, 5.74) is 5.52. The number of anilines is 1. The number of carbonyl (C=O) groups excluding carboxylic acids is 1. The number of oxazole rings is 1. The molecule has 1 heterocycles. The van der Waals surface area contributed by atoms with E-state index in [2.05, 4.69) is 32.9 Å². The van der Waals surface area contributed by atoms with Gasteiger partial charge in [-0.1, -0.05) is 23.7 Å². The fraction of sp³-hybridized carbons (Fsp3) is 0.0909. The second-order valence-electron chi connectivity index (χ2n) is 6.60. The van der Waals surface area contributed by atoms with Gasteiger partial charge in [0.15, 0.2) is 5.58 Å². The normalized spacial score (nSPS) is 11.0. The molecule has 0 atom stereocenters. The van der Waals surface area contributed by atoms with E-state index in [1.807, 2.05) is 56.3 Å². The standard InChI is InChI=1S/C22H16ClIN2O2/c1-12-3-8-18-20(9-12)28-22(26-18)14-5-4-13(2)19(10-14)25-21(27)16-11-15(24)6-7-17(16)23/h3-11H,1-2H3,(H,25,27). The van der Waals surface area contributed by atoms with Crippen LogP contribution in [0.25, 0.3) is 22.6 Å². The maximum absolute atomic E-state index is 12.7. The van der Waals surface area contributed by atoms with E-state index in [4.69, 9.17) is 16.0 Å². The van der Waals surface area contributed by atoms with E-state index in [1.165, 1.54) is 0 Å². The first-order valence-corrected chi connectivity index (χ1v) is 10.1. The summed E-state index contributed by atoms with van der Waals surface area (Å²) < 4.78 is 6.85. The highest BCUT2D eigenvalue weighted by Gasteiger charge is 2.15. The molecule has 0 spiro atoms. The van der Waals surface area contributed by atoms with Gasteiger partial charge in [-0.3, -0.25) is 4.79 Å². The highest BCUT2D eigenvalue weighted by Crippen LogP contribution is 2.29. The number of aromatic nitrogens is 1. The zero-order valence-electron chi connectivity index (χ0n) is 15.2. The lowest BCUT2D eigenvalue weighted by atomic mass is 10.1. The minimum atomic E-state index is -0.253. The molecule has 1 N–H and O–H groups in total. The van der Waals surface area contributed by atoms with E-state index in [1.54, 1.807) is 12.1 Å². The van der Waals surface area contributed by atoms with Crippen molar-refractivity contribution >= 4 is 56.9 Å². The Morgan fingerprint density at radius 2 is 1.89 bits per heavy atom. The van der Waals surface area contributed by atoms with Crippen LogP contribution in [-0.4, -0.2) is 10.9 Å². The Morgan fingerprint density at radius 3 is 2.71 bits per heavy atom. The molecule has 6 heteroatoms. The zero-order chi connectivity index (χ0) is 19.8. The van der Waals surface area contributed by atoms with Crippen LogP contribution < -0.4 is 5.32 Å². The minimum Gasteiger partial charge on any atom is -0.436 e. The van der Waals surface area contributed by atoms with Gasteiger partial charge in [-0.25, -0.2) is 4.98 Å². The Labute approximate surface area is 181 Å². The van der Waals surface area contributed by atoms with Crippen LogP contribution in [0.4, 0.5) is 5.69 Å². The van der Waals surface area contributed by atoms with Crippen LogP contribution in [-0.2, 0) is 0 Å². The number of nitrogens with one attached hydrogen (secondary N) is 1. The van der Waals surface area contributed by atoms with Crippen molar-refractivity contribution in [2.75, 3.05) is 5.32 Å². The lowest BCUT2D eigenvalue weighted by molar-refractivity contribution is 0.102. The molecule has 0 bridgehead atoms. The van der Waals surface area contributed by atoms with Gasteiger partial charge in [0.1, 0.15) is 5.52 Å². The monoisotopic (exact) mass is 502 g/mol. The van der Waals surface area contributed by atoms with E-state index in [-0.39, 0.29) is 5.91 Å². The van der Waals surface area contributed by atoms with Gasteiger partial charge in [0.25, 0.3) is 5.91 Å². The molecule has 0 saturated carbocycles. The van der Waals surface area contributed by atoms with Gasteiger partial charge in [0.05, 0.1) is 10.6 Å². The Kier molecular flexibility index (Phi) is 5.12. The molecule has 4 rings (SSSR count). The van der Waals surface area contributed by atoms with Crippen molar-refractivity contribution in [1.82, 2.24) is 4.98 Å². The summed E-state index contributed by atoms with van der Waals surface area (Å²) in [7, 11) is 0. The van der Waals surface area contributed by atoms with Gasteiger partial charge >= 0.3 is 0 Å². The first kappa shape index (κ1) is 19.0. The minimum absolute atomic E-state index is 0.253. The molecular formula is C22H16ClIN2O2. The van der Waals surface area contributed by atoms with E-state index in [0.717, 1.165) is 31.4 Å². The molecule has 0 radical (unpaired) electrons. The molecule has 1 aromatic heterocycles. The Balaban J connectivity index is 1.68. The summed E-state index contributed by atoms with van der Waals surface area (Å²) in [6.45, 7) is 3.95. The van der Waals surface area contributed by atoms with Gasteiger partial charge in [-0.05, 0) is 90.0 Å². The summed E-state index contributed by atoms with van der Waals surface area (Å²) in [5, 5.41) is 3.37. The lowest BCUT2D eigenvalue weighted by Crippen LogP contribution is -2.13. The maximum atomic E-state index is 12.7. The molecular weight excluding hydrogens is 487 g/mol. The fourth-order valence-electron chi connectivity index (χ4n) is 2.91. The molecule has 0 aliphatic rings. The Hall–Kier alpha value is -2.38. The predicted molar refractivity (Wildman–Crippen MR) is 121 cm³/mol. The van der Waals surface area contributed by atoms with Gasteiger partial charge in [-0.15, -0.1) is 0 Å². The number of hydrogen-bond donors (Lipinski definition) is 1. The first-order chi connectivity index (χ1) is 13.4. The van der Waals surface area contributed by atoms with Crippen molar-refractivity contribution in [3.05, 3.63) is 79.9 Å². The topological polar surface area (TPSA) is 55.1 Å². The number of amides is 1. The third-order valence-electron chi connectivity index (χ3n) is 4.45. The zero-order valence-corrected chi connectivity index (χ0v) is 18.1. The largest absolute Gasteiger partial charge is 0.436 e.